The van der Waals surface area contributed by atoms with E-state index in [1.165, 1.54) is 11.0 Å². The Labute approximate surface area is 112 Å². The fraction of sp³-hybridized carbons (Fsp3) is 0.538. The Morgan fingerprint density at radius 3 is 2.42 bits per heavy atom. The third kappa shape index (κ3) is 4.10. The van der Waals surface area contributed by atoms with Crippen molar-refractivity contribution < 1.29 is 19.1 Å². The largest absolute Gasteiger partial charge is 0.478 e. The number of carboxylic acid groups (broad SMARTS) is 1. The van der Waals surface area contributed by atoms with Gasteiger partial charge in [0.1, 0.15) is 17.1 Å². The molecule has 0 saturated heterocycles. The van der Waals surface area contributed by atoms with E-state index in [-0.39, 0.29) is 18.0 Å². The number of nitrogens with zero attached hydrogens (tertiary/aromatic N) is 2. The SMILES string of the molecule is CCN(CC(=O)N(C)C)Cc1cc(C(=O)O)c(C)o1. The van der Waals surface area contributed by atoms with Gasteiger partial charge in [0.25, 0.3) is 0 Å². The van der Waals surface area contributed by atoms with E-state index >= 15 is 0 Å². The second-order valence-corrected chi connectivity index (χ2v) is 4.58. The molecular weight excluding hydrogens is 248 g/mol. The van der Waals surface area contributed by atoms with Crippen LogP contribution in [0.25, 0.3) is 0 Å². The van der Waals surface area contributed by atoms with Crippen LogP contribution in [-0.2, 0) is 11.3 Å². The molecule has 106 valence electrons. The van der Waals surface area contributed by atoms with Crippen LogP contribution in [0.1, 0.15) is 28.8 Å². The molecule has 0 bridgehead atoms. The Balaban J connectivity index is 2.73. The Bertz CT molecular complexity index is 465. The number of hydrogen-bond donors (Lipinski definition) is 1. The van der Waals surface area contributed by atoms with E-state index in [1.807, 2.05) is 11.8 Å². The fourth-order valence-electron chi connectivity index (χ4n) is 1.67. The van der Waals surface area contributed by atoms with Crippen molar-refractivity contribution >= 4 is 11.9 Å². The molecule has 0 spiro atoms. The summed E-state index contributed by atoms with van der Waals surface area (Å²) in [4.78, 5) is 26.0. The van der Waals surface area contributed by atoms with Gasteiger partial charge in [0.2, 0.25) is 5.91 Å². The lowest BCUT2D eigenvalue weighted by molar-refractivity contribution is -0.130. The lowest BCUT2D eigenvalue weighted by Gasteiger charge is -2.20. The van der Waals surface area contributed by atoms with Gasteiger partial charge in [-0.15, -0.1) is 0 Å². The summed E-state index contributed by atoms with van der Waals surface area (Å²) in [6.45, 7) is 4.95. The Kier molecular flexibility index (Phi) is 5.11. The van der Waals surface area contributed by atoms with E-state index in [1.54, 1.807) is 21.0 Å². The third-order valence-corrected chi connectivity index (χ3v) is 2.88. The number of rotatable bonds is 6. The molecule has 0 radical (unpaired) electrons. The predicted molar refractivity (Wildman–Crippen MR) is 70.0 cm³/mol. The van der Waals surface area contributed by atoms with Gasteiger partial charge in [-0.05, 0) is 19.5 Å². The van der Waals surface area contributed by atoms with Crippen LogP contribution in [0.4, 0.5) is 0 Å². The van der Waals surface area contributed by atoms with Gasteiger partial charge in [-0.3, -0.25) is 9.69 Å². The average molecular weight is 268 g/mol. The van der Waals surface area contributed by atoms with E-state index in [2.05, 4.69) is 0 Å². The molecular formula is C13H20N2O4. The number of aryl methyl sites for hydroxylation is 1. The predicted octanol–water partition coefficient (Wildman–Crippen LogP) is 1.20. The van der Waals surface area contributed by atoms with E-state index in [9.17, 15) is 9.59 Å². The van der Waals surface area contributed by atoms with Crippen LogP contribution in [0.5, 0.6) is 0 Å². The number of furan rings is 1. The summed E-state index contributed by atoms with van der Waals surface area (Å²) < 4.78 is 5.40. The zero-order valence-corrected chi connectivity index (χ0v) is 11.8. The number of carbonyl (C=O) groups excluding carboxylic acids is 1. The van der Waals surface area contributed by atoms with E-state index in [4.69, 9.17) is 9.52 Å². The van der Waals surface area contributed by atoms with Gasteiger partial charge in [0.05, 0.1) is 13.1 Å². The quantitative estimate of drug-likeness (QED) is 0.839. The molecule has 0 aliphatic heterocycles. The fourth-order valence-corrected chi connectivity index (χ4v) is 1.67. The molecule has 0 fully saturated rings. The van der Waals surface area contributed by atoms with Crippen LogP contribution < -0.4 is 0 Å². The molecule has 0 saturated carbocycles. The van der Waals surface area contributed by atoms with Crippen molar-refractivity contribution in [3.8, 4) is 0 Å². The van der Waals surface area contributed by atoms with E-state index in [0.29, 0.717) is 24.6 Å². The third-order valence-electron chi connectivity index (χ3n) is 2.88. The van der Waals surface area contributed by atoms with Crippen molar-refractivity contribution in [3.05, 3.63) is 23.2 Å². The zero-order chi connectivity index (χ0) is 14.6. The number of likely N-dealkylation sites (N-methyl/N-ethyl adjacent to an activating group) is 2. The first-order chi connectivity index (χ1) is 8.85. The number of amides is 1. The maximum absolute atomic E-state index is 11.6. The Hall–Kier alpha value is -1.82. The van der Waals surface area contributed by atoms with Crippen LogP contribution in [0.15, 0.2) is 10.5 Å². The molecule has 6 heteroatoms. The van der Waals surface area contributed by atoms with Crippen LogP contribution in [0.3, 0.4) is 0 Å². The van der Waals surface area contributed by atoms with Gasteiger partial charge >= 0.3 is 5.97 Å². The molecule has 0 atom stereocenters. The van der Waals surface area contributed by atoms with Crippen molar-refractivity contribution in [3.63, 3.8) is 0 Å². The summed E-state index contributed by atoms with van der Waals surface area (Å²) in [7, 11) is 3.41. The topological polar surface area (TPSA) is 74.0 Å². The maximum atomic E-state index is 11.6. The number of carboxylic acids is 1. The molecule has 0 aromatic carbocycles. The lowest BCUT2D eigenvalue weighted by Crippen LogP contribution is -2.36. The number of aromatic carboxylic acids is 1. The van der Waals surface area contributed by atoms with Crippen molar-refractivity contribution in [2.24, 2.45) is 0 Å². The molecule has 6 nitrogen and oxygen atoms in total. The highest BCUT2D eigenvalue weighted by atomic mass is 16.4. The van der Waals surface area contributed by atoms with E-state index < -0.39 is 5.97 Å². The van der Waals surface area contributed by atoms with Gasteiger partial charge in [-0.2, -0.15) is 0 Å². The molecule has 1 aromatic heterocycles. The first-order valence-electron chi connectivity index (χ1n) is 6.10. The molecule has 1 aromatic rings. The van der Waals surface area contributed by atoms with Crippen molar-refractivity contribution in [1.82, 2.24) is 9.80 Å². The molecule has 19 heavy (non-hydrogen) atoms. The van der Waals surface area contributed by atoms with Crippen LogP contribution in [-0.4, -0.2) is 54.0 Å². The van der Waals surface area contributed by atoms with E-state index in [0.717, 1.165) is 0 Å². The number of carbonyl (C=O) groups is 2. The summed E-state index contributed by atoms with van der Waals surface area (Å²) in [5.74, 6) is -0.0516. The summed E-state index contributed by atoms with van der Waals surface area (Å²) in [5.41, 5.74) is 0.171. The Morgan fingerprint density at radius 1 is 1.37 bits per heavy atom. The number of hydrogen-bond acceptors (Lipinski definition) is 4. The van der Waals surface area contributed by atoms with Gasteiger partial charge in [0.15, 0.2) is 0 Å². The molecule has 1 N–H and O–H groups in total. The van der Waals surface area contributed by atoms with Gasteiger partial charge < -0.3 is 14.4 Å². The van der Waals surface area contributed by atoms with Gasteiger partial charge in [0, 0.05) is 14.1 Å². The molecule has 0 aliphatic rings. The maximum Gasteiger partial charge on any atom is 0.339 e. The van der Waals surface area contributed by atoms with Gasteiger partial charge in [-0.25, -0.2) is 4.79 Å². The highest BCUT2D eigenvalue weighted by Gasteiger charge is 2.17. The first-order valence-corrected chi connectivity index (χ1v) is 6.10. The zero-order valence-electron chi connectivity index (χ0n) is 11.8. The molecule has 1 heterocycles. The van der Waals surface area contributed by atoms with Crippen molar-refractivity contribution in [1.29, 1.82) is 0 Å². The second kappa shape index (κ2) is 6.38. The van der Waals surface area contributed by atoms with Crippen molar-refractivity contribution in [2.45, 2.75) is 20.4 Å². The average Bonchev–Trinajstić information content (AvgIpc) is 2.69. The summed E-state index contributed by atoms with van der Waals surface area (Å²) in [6, 6.07) is 1.51. The van der Waals surface area contributed by atoms with Gasteiger partial charge in [-0.1, -0.05) is 6.92 Å². The molecule has 0 unspecified atom stereocenters. The summed E-state index contributed by atoms with van der Waals surface area (Å²) in [6.07, 6.45) is 0. The normalized spacial score (nSPS) is 10.8. The molecule has 1 rings (SSSR count). The molecule has 1 amide bonds. The minimum atomic E-state index is -1.00. The highest BCUT2D eigenvalue weighted by molar-refractivity contribution is 5.88. The first kappa shape index (κ1) is 15.2. The summed E-state index contributed by atoms with van der Waals surface area (Å²) >= 11 is 0. The lowest BCUT2D eigenvalue weighted by atomic mass is 10.2. The second-order valence-electron chi connectivity index (χ2n) is 4.58. The highest BCUT2D eigenvalue weighted by Crippen LogP contribution is 2.16. The van der Waals surface area contributed by atoms with Crippen molar-refractivity contribution in [2.75, 3.05) is 27.2 Å². The van der Waals surface area contributed by atoms with Crippen LogP contribution in [0, 0.1) is 6.92 Å². The minimum Gasteiger partial charge on any atom is -0.478 e. The molecule has 0 aliphatic carbocycles. The summed E-state index contributed by atoms with van der Waals surface area (Å²) in [5, 5.41) is 8.95. The van der Waals surface area contributed by atoms with Crippen LogP contribution >= 0.6 is 0 Å². The minimum absolute atomic E-state index is 0.00332. The van der Waals surface area contributed by atoms with Crippen LogP contribution in [0.2, 0.25) is 0 Å². The monoisotopic (exact) mass is 268 g/mol. The standard InChI is InChI=1S/C13H20N2O4/c1-5-15(8-12(16)14(3)4)7-10-6-11(13(17)18)9(2)19-10/h6H,5,7-8H2,1-4H3,(H,17,18). The Morgan fingerprint density at radius 2 is 2.00 bits per heavy atom. The smallest absolute Gasteiger partial charge is 0.339 e.